The van der Waals surface area contributed by atoms with Gasteiger partial charge in [-0.2, -0.15) is 0 Å². The van der Waals surface area contributed by atoms with Crippen molar-refractivity contribution in [3.05, 3.63) is 90.3 Å². The third-order valence-electron chi connectivity index (χ3n) is 4.80. The third kappa shape index (κ3) is 6.12. The minimum Gasteiger partial charge on any atom is -0.406 e. The number of carbonyl (C=O) groups excluding carboxylic acids is 1. The molecule has 1 heterocycles. The molecular weight excluding hydrogens is 447 g/mol. The number of nitrogens with zero attached hydrogens (tertiary/aromatic N) is 3. The fourth-order valence-corrected chi connectivity index (χ4v) is 3.09. The van der Waals surface area contributed by atoms with Crippen LogP contribution in [0.15, 0.2) is 79.1 Å². The maximum Gasteiger partial charge on any atom is 0.573 e. The van der Waals surface area contributed by atoms with Gasteiger partial charge in [0.25, 0.3) is 0 Å². The number of anilines is 1. The summed E-state index contributed by atoms with van der Waals surface area (Å²) >= 11 is 0. The Morgan fingerprint density at radius 1 is 0.971 bits per heavy atom. The molecule has 0 saturated carbocycles. The van der Waals surface area contributed by atoms with Crippen LogP contribution in [0.2, 0.25) is 0 Å². The molecule has 34 heavy (non-hydrogen) atoms. The molecule has 0 aliphatic heterocycles. The first kappa shape index (κ1) is 22.8. The second-order valence-electron chi connectivity index (χ2n) is 7.43. The van der Waals surface area contributed by atoms with Gasteiger partial charge in [0.1, 0.15) is 12.1 Å². The Balaban J connectivity index is 1.34. The minimum atomic E-state index is -4.74. The topological polar surface area (TPSA) is 81.1 Å². The van der Waals surface area contributed by atoms with Gasteiger partial charge in [0.05, 0.1) is 5.69 Å². The molecule has 10 heteroatoms. The van der Waals surface area contributed by atoms with E-state index < -0.39 is 6.36 Å². The van der Waals surface area contributed by atoms with Crippen LogP contribution in [0, 0.1) is 6.92 Å². The van der Waals surface area contributed by atoms with Gasteiger partial charge in [0.2, 0.25) is 0 Å². The molecule has 2 N–H and O–H groups in total. The summed E-state index contributed by atoms with van der Waals surface area (Å²) in [6, 6.07) is 19.9. The lowest BCUT2D eigenvalue weighted by atomic mass is 10.1. The van der Waals surface area contributed by atoms with E-state index >= 15 is 0 Å². The zero-order chi connectivity index (χ0) is 24.1. The Morgan fingerprint density at radius 2 is 1.65 bits per heavy atom. The van der Waals surface area contributed by atoms with E-state index in [-0.39, 0.29) is 11.8 Å². The number of amides is 2. The van der Waals surface area contributed by atoms with E-state index in [1.165, 1.54) is 35.3 Å². The average Bonchev–Trinajstić information content (AvgIpc) is 3.29. The number of hydrogen-bond acceptors (Lipinski definition) is 4. The highest BCUT2D eigenvalue weighted by atomic mass is 19.4. The van der Waals surface area contributed by atoms with Crippen molar-refractivity contribution in [2.24, 2.45) is 0 Å². The van der Waals surface area contributed by atoms with Crippen LogP contribution < -0.4 is 15.4 Å². The molecular formula is C24H20F3N5O2. The van der Waals surface area contributed by atoms with E-state index in [2.05, 4.69) is 25.5 Å². The van der Waals surface area contributed by atoms with Gasteiger partial charge in [-0.15, -0.1) is 18.3 Å². The van der Waals surface area contributed by atoms with Crippen LogP contribution in [0.4, 0.5) is 23.7 Å². The zero-order valence-electron chi connectivity index (χ0n) is 18.0. The van der Waals surface area contributed by atoms with Crippen molar-refractivity contribution in [3.8, 4) is 22.8 Å². The smallest absolute Gasteiger partial charge is 0.406 e. The highest BCUT2D eigenvalue weighted by Gasteiger charge is 2.31. The van der Waals surface area contributed by atoms with Gasteiger partial charge in [0.15, 0.2) is 5.82 Å². The largest absolute Gasteiger partial charge is 0.573 e. The molecule has 174 valence electrons. The molecule has 4 rings (SSSR count). The van der Waals surface area contributed by atoms with E-state index in [1.54, 1.807) is 0 Å². The number of aryl methyl sites for hydroxylation is 1. The van der Waals surface area contributed by atoms with E-state index in [0.29, 0.717) is 23.7 Å². The first-order valence-electron chi connectivity index (χ1n) is 10.2. The molecule has 4 aromatic rings. The Kier molecular flexibility index (Phi) is 6.48. The number of nitrogens with one attached hydrogen (secondary N) is 2. The van der Waals surface area contributed by atoms with Gasteiger partial charge in [-0.1, -0.05) is 42.0 Å². The molecule has 2 amide bonds. The predicted octanol–water partition coefficient (Wildman–Crippen LogP) is 5.46. The number of alkyl halides is 3. The fraction of sp³-hybridized carbons (Fsp3) is 0.125. The lowest BCUT2D eigenvalue weighted by Gasteiger charge is -2.09. The van der Waals surface area contributed by atoms with Gasteiger partial charge in [-0.25, -0.2) is 14.5 Å². The van der Waals surface area contributed by atoms with Gasteiger partial charge in [-0.05, 0) is 48.9 Å². The van der Waals surface area contributed by atoms with Crippen molar-refractivity contribution in [1.82, 2.24) is 20.1 Å². The summed E-state index contributed by atoms with van der Waals surface area (Å²) in [5.41, 5.74) is 4.00. The summed E-state index contributed by atoms with van der Waals surface area (Å²) in [6.07, 6.45) is -3.27. The molecule has 7 nitrogen and oxygen atoms in total. The predicted molar refractivity (Wildman–Crippen MR) is 121 cm³/mol. The monoisotopic (exact) mass is 467 g/mol. The van der Waals surface area contributed by atoms with Crippen LogP contribution in [0.25, 0.3) is 17.1 Å². The molecule has 0 fully saturated rings. The van der Waals surface area contributed by atoms with Crippen LogP contribution in [0.3, 0.4) is 0 Å². The fourth-order valence-electron chi connectivity index (χ4n) is 3.09. The van der Waals surface area contributed by atoms with E-state index in [1.807, 2.05) is 55.5 Å². The molecule has 0 saturated heterocycles. The van der Waals surface area contributed by atoms with Crippen LogP contribution in [-0.4, -0.2) is 27.2 Å². The van der Waals surface area contributed by atoms with Crippen molar-refractivity contribution in [2.75, 3.05) is 5.32 Å². The third-order valence-corrected chi connectivity index (χ3v) is 4.80. The lowest BCUT2D eigenvalue weighted by Crippen LogP contribution is -2.28. The number of urea groups is 1. The normalized spacial score (nSPS) is 11.2. The Bertz CT molecular complexity index is 1250. The number of hydrogen-bond donors (Lipinski definition) is 2. The van der Waals surface area contributed by atoms with Gasteiger partial charge in [-0.3, -0.25) is 0 Å². The summed E-state index contributed by atoms with van der Waals surface area (Å²) < 4.78 is 42.2. The van der Waals surface area contributed by atoms with Gasteiger partial charge in [0, 0.05) is 17.8 Å². The van der Waals surface area contributed by atoms with E-state index in [4.69, 9.17) is 0 Å². The van der Waals surface area contributed by atoms with Crippen LogP contribution >= 0.6 is 0 Å². The summed E-state index contributed by atoms with van der Waals surface area (Å²) in [4.78, 5) is 16.3. The molecule has 0 bridgehead atoms. The number of rotatable bonds is 6. The molecule has 0 aliphatic rings. The maximum atomic E-state index is 12.3. The van der Waals surface area contributed by atoms with E-state index in [9.17, 15) is 18.0 Å². The van der Waals surface area contributed by atoms with E-state index in [0.717, 1.165) is 16.7 Å². The summed E-state index contributed by atoms with van der Waals surface area (Å²) in [5.74, 6) is 0.139. The summed E-state index contributed by atoms with van der Waals surface area (Å²) in [5, 5.41) is 9.95. The van der Waals surface area contributed by atoms with Crippen molar-refractivity contribution in [2.45, 2.75) is 19.8 Å². The first-order chi connectivity index (χ1) is 16.2. The minimum absolute atomic E-state index is 0.306. The highest BCUT2D eigenvalue weighted by Crippen LogP contribution is 2.24. The van der Waals surface area contributed by atoms with Crippen molar-refractivity contribution >= 4 is 11.7 Å². The molecule has 3 aromatic carbocycles. The number of ether oxygens (including phenoxy) is 1. The highest BCUT2D eigenvalue weighted by molar-refractivity contribution is 5.89. The zero-order valence-corrected chi connectivity index (χ0v) is 18.0. The van der Waals surface area contributed by atoms with Gasteiger partial charge < -0.3 is 15.4 Å². The number of halogens is 3. The molecule has 0 atom stereocenters. The second kappa shape index (κ2) is 9.65. The van der Waals surface area contributed by atoms with Crippen molar-refractivity contribution in [1.29, 1.82) is 0 Å². The molecule has 0 spiro atoms. The molecule has 0 unspecified atom stereocenters. The van der Waals surface area contributed by atoms with Crippen molar-refractivity contribution in [3.63, 3.8) is 0 Å². The molecule has 0 aliphatic carbocycles. The van der Waals surface area contributed by atoms with Gasteiger partial charge >= 0.3 is 12.4 Å². The quantitative estimate of drug-likeness (QED) is 0.395. The second-order valence-corrected chi connectivity index (χ2v) is 7.43. The maximum absolute atomic E-state index is 12.3. The van der Waals surface area contributed by atoms with Crippen LogP contribution in [-0.2, 0) is 6.54 Å². The summed E-state index contributed by atoms with van der Waals surface area (Å²) in [7, 11) is 0. The first-order valence-corrected chi connectivity index (χ1v) is 10.2. The Labute approximate surface area is 193 Å². The lowest BCUT2D eigenvalue weighted by molar-refractivity contribution is -0.274. The van der Waals surface area contributed by atoms with Crippen LogP contribution in [0.1, 0.15) is 11.1 Å². The average molecular weight is 467 g/mol. The molecule has 1 aromatic heterocycles. The molecule has 0 radical (unpaired) electrons. The Hall–Kier alpha value is -4.34. The standard InChI is InChI=1S/C24H20F3N5O2/c1-16-2-8-19(9-3-16)30-23(33)28-14-17-4-6-18(7-5-17)22-29-15-32(31-22)20-10-12-21(13-11-20)34-24(25,26)27/h2-13,15H,14H2,1H3,(H2,28,30,33). The Morgan fingerprint density at radius 3 is 2.29 bits per heavy atom. The summed E-state index contributed by atoms with van der Waals surface area (Å²) in [6.45, 7) is 2.31. The number of benzene rings is 3. The van der Waals surface area contributed by atoms with Crippen molar-refractivity contribution < 1.29 is 22.7 Å². The SMILES string of the molecule is Cc1ccc(NC(=O)NCc2ccc(-c3ncn(-c4ccc(OC(F)(F)F)cc4)n3)cc2)cc1. The van der Waals surface area contributed by atoms with Crippen LogP contribution in [0.5, 0.6) is 5.75 Å². The number of aromatic nitrogens is 3. The number of carbonyl (C=O) groups is 1.